The smallest absolute Gasteiger partial charge is 0.331 e. The van der Waals surface area contributed by atoms with Crippen LogP contribution in [-0.4, -0.2) is 26.2 Å². The molecule has 0 fully saturated rings. The molecule has 0 aromatic heterocycles. The standard InChI is InChI=1S/C20H18O4/c1-23-19(21)13-17(15-9-5-3-6-10-15)18(14-20(22)24-2)16-11-7-4-8-12-16/h3-14H,1-2H3/b17-13-,18-14-. The summed E-state index contributed by atoms with van der Waals surface area (Å²) in [5.74, 6) is -0.999. The fourth-order valence-electron chi connectivity index (χ4n) is 2.22. The summed E-state index contributed by atoms with van der Waals surface area (Å²) in [6.07, 6.45) is 2.74. The highest BCUT2D eigenvalue weighted by Gasteiger charge is 2.14. The van der Waals surface area contributed by atoms with Crippen LogP contribution in [0.2, 0.25) is 0 Å². The van der Waals surface area contributed by atoms with Crippen molar-refractivity contribution in [1.82, 2.24) is 0 Å². The van der Waals surface area contributed by atoms with E-state index < -0.39 is 11.9 Å². The molecule has 4 nitrogen and oxygen atoms in total. The Kier molecular flexibility index (Phi) is 6.08. The summed E-state index contributed by atoms with van der Waals surface area (Å²) in [7, 11) is 2.63. The van der Waals surface area contributed by atoms with Gasteiger partial charge in [0.1, 0.15) is 0 Å². The maximum absolute atomic E-state index is 11.8. The van der Waals surface area contributed by atoms with Gasteiger partial charge in [0, 0.05) is 12.2 Å². The van der Waals surface area contributed by atoms with Crippen molar-refractivity contribution in [3.63, 3.8) is 0 Å². The average molecular weight is 322 g/mol. The van der Waals surface area contributed by atoms with E-state index >= 15 is 0 Å². The number of allylic oxidation sites excluding steroid dienone is 2. The van der Waals surface area contributed by atoms with Gasteiger partial charge in [-0.15, -0.1) is 0 Å². The van der Waals surface area contributed by atoms with Gasteiger partial charge in [0.15, 0.2) is 0 Å². The predicted octanol–water partition coefficient (Wildman–Crippen LogP) is 3.50. The summed E-state index contributed by atoms with van der Waals surface area (Å²) < 4.78 is 9.52. The van der Waals surface area contributed by atoms with Gasteiger partial charge in [-0.25, -0.2) is 9.59 Å². The van der Waals surface area contributed by atoms with E-state index in [0.29, 0.717) is 11.1 Å². The Balaban J connectivity index is 2.66. The van der Waals surface area contributed by atoms with Gasteiger partial charge < -0.3 is 9.47 Å². The van der Waals surface area contributed by atoms with Crippen LogP contribution in [0.5, 0.6) is 0 Å². The van der Waals surface area contributed by atoms with Gasteiger partial charge in [-0.3, -0.25) is 0 Å². The van der Waals surface area contributed by atoms with Crippen molar-refractivity contribution in [2.24, 2.45) is 0 Å². The van der Waals surface area contributed by atoms with E-state index in [0.717, 1.165) is 11.1 Å². The van der Waals surface area contributed by atoms with Gasteiger partial charge in [0.25, 0.3) is 0 Å². The Bertz CT molecular complexity index is 691. The van der Waals surface area contributed by atoms with Crippen molar-refractivity contribution in [1.29, 1.82) is 0 Å². The van der Waals surface area contributed by atoms with Crippen LogP contribution < -0.4 is 0 Å². The van der Waals surface area contributed by atoms with Gasteiger partial charge >= 0.3 is 11.9 Å². The molecule has 0 bridgehead atoms. The van der Waals surface area contributed by atoms with Gasteiger partial charge in [-0.05, 0) is 22.3 Å². The number of rotatable bonds is 5. The average Bonchev–Trinajstić information content (AvgIpc) is 2.65. The molecule has 24 heavy (non-hydrogen) atoms. The lowest BCUT2D eigenvalue weighted by Gasteiger charge is -2.13. The highest BCUT2D eigenvalue weighted by molar-refractivity contribution is 6.14. The Morgan fingerprint density at radius 2 is 1.00 bits per heavy atom. The molecule has 0 spiro atoms. The molecule has 4 heteroatoms. The first-order valence-corrected chi connectivity index (χ1v) is 7.36. The molecule has 0 saturated heterocycles. The molecule has 122 valence electrons. The number of ether oxygens (including phenoxy) is 2. The lowest BCUT2D eigenvalue weighted by atomic mass is 9.91. The van der Waals surface area contributed by atoms with Crippen molar-refractivity contribution in [2.75, 3.05) is 14.2 Å². The number of esters is 2. The molecule has 0 N–H and O–H groups in total. The Hall–Kier alpha value is -3.14. The van der Waals surface area contributed by atoms with Gasteiger partial charge in [-0.1, -0.05) is 60.7 Å². The topological polar surface area (TPSA) is 52.6 Å². The zero-order valence-corrected chi connectivity index (χ0v) is 13.6. The van der Waals surface area contributed by atoms with Crippen molar-refractivity contribution < 1.29 is 19.1 Å². The van der Waals surface area contributed by atoms with Gasteiger partial charge in [0.2, 0.25) is 0 Å². The Morgan fingerprint density at radius 1 is 0.667 bits per heavy atom. The summed E-state index contributed by atoms with van der Waals surface area (Å²) in [6, 6.07) is 18.7. The SMILES string of the molecule is COC(=O)/C=C(\C(=C/C(=O)OC)c1ccccc1)c1ccccc1. The highest BCUT2D eigenvalue weighted by atomic mass is 16.5. The number of hydrogen-bond donors (Lipinski definition) is 0. The van der Waals surface area contributed by atoms with Crippen LogP contribution in [-0.2, 0) is 19.1 Å². The van der Waals surface area contributed by atoms with E-state index in [1.807, 2.05) is 60.7 Å². The van der Waals surface area contributed by atoms with Gasteiger partial charge in [-0.2, -0.15) is 0 Å². The summed E-state index contributed by atoms with van der Waals surface area (Å²) in [4.78, 5) is 23.7. The molecule has 0 heterocycles. The summed E-state index contributed by atoms with van der Waals surface area (Å²) in [5.41, 5.74) is 2.75. The van der Waals surface area contributed by atoms with Crippen molar-refractivity contribution in [3.05, 3.63) is 83.9 Å². The van der Waals surface area contributed by atoms with E-state index in [2.05, 4.69) is 0 Å². The van der Waals surface area contributed by atoms with E-state index in [1.54, 1.807) is 0 Å². The van der Waals surface area contributed by atoms with E-state index in [9.17, 15) is 9.59 Å². The monoisotopic (exact) mass is 322 g/mol. The molecule has 2 aromatic carbocycles. The van der Waals surface area contributed by atoms with E-state index in [-0.39, 0.29) is 0 Å². The quantitative estimate of drug-likeness (QED) is 0.480. The molecule has 0 atom stereocenters. The molecule has 0 aliphatic carbocycles. The number of carbonyl (C=O) groups is 2. The molecule has 2 rings (SSSR count). The molecule has 2 aromatic rings. The molecule has 0 radical (unpaired) electrons. The Morgan fingerprint density at radius 3 is 1.29 bits per heavy atom. The lowest BCUT2D eigenvalue weighted by Crippen LogP contribution is -2.02. The third-order valence-electron chi connectivity index (χ3n) is 3.39. The summed E-state index contributed by atoms with van der Waals surface area (Å²) in [5, 5.41) is 0. The maximum atomic E-state index is 11.8. The fourth-order valence-corrected chi connectivity index (χ4v) is 2.22. The fraction of sp³-hybridized carbons (Fsp3) is 0.100. The third-order valence-corrected chi connectivity index (χ3v) is 3.39. The largest absolute Gasteiger partial charge is 0.466 e. The first-order valence-electron chi connectivity index (χ1n) is 7.36. The normalized spacial score (nSPS) is 11.8. The first-order chi connectivity index (χ1) is 11.7. The first kappa shape index (κ1) is 17.2. The highest BCUT2D eigenvalue weighted by Crippen LogP contribution is 2.31. The molecule has 0 aliphatic rings. The van der Waals surface area contributed by atoms with Crippen LogP contribution in [0.1, 0.15) is 11.1 Å². The van der Waals surface area contributed by atoms with Crippen LogP contribution in [0.3, 0.4) is 0 Å². The van der Waals surface area contributed by atoms with Crippen molar-refractivity contribution in [3.8, 4) is 0 Å². The minimum atomic E-state index is -0.499. The number of methoxy groups -OCH3 is 2. The van der Waals surface area contributed by atoms with Crippen molar-refractivity contribution in [2.45, 2.75) is 0 Å². The minimum absolute atomic E-state index is 0.499. The molecular weight excluding hydrogens is 304 g/mol. The van der Waals surface area contributed by atoms with Crippen LogP contribution in [0, 0.1) is 0 Å². The van der Waals surface area contributed by atoms with E-state index in [1.165, 1.54) is 26.4 Å². The third kappa shape index (κ3) is 4.43. The minimum Gasteiger partial charge on any atom is -0.466 e. The maximum Gasteiger partial charge on any atom is 0.331 e. The number of carbonyl (C=O) groups excluding carboxylic acids is 2. The molecular formula is C20H18O4. The number of benzene rings is 2. The van der Waals surface area contributed by atoms with Crippen LogP contribution in [0.25, 0.3) is 11.1 Å². The predicted molar refractivity (Wildman–Crippen MR) is 92.9 cm³/mol. The Labute approximate surface area is 141 Å². The zero-order chi connectivity index (χ0) is 17.4. The second kappa shape index (κ2) is 8.48. The lowest BCUT2D eigenvalue weighted by molar-refractivity contribution is -0.135. The summed E-state index contributed by atoms with van der Waals surface area (Å²) >= 11 is 0. The van der Waals surface area contributed by atoms with Crippen LogP contribution in [0.15, 0.2) is 72.8 Å². The van der Waals surface area contributed by atoms with Crippen LogP contribution >= 0.6 is 0 Å². The molecule has 0 saturated carbocycles. The molecule has 0 unspecified atom stereocenters. The van der Waals surface area contributed by atoms with E-state index in [4.69, 9.17) is 9.47 Å². The second-order valence-corrected chi connectivity index (χ2v) is 4.89. The van der Waals surface area contributed by atoms with Gasteiger partial charge in [0.05, 0.1) is 14.2 Å². The molecule has 0 amide bonds. The second-order valence-electron chi connectivity index (χ2n) is 4.89. The molecule has 0 aliphatic heterocycles. The zero-order valence-electron chi connectivity index (χ0n) is 13.6. The van der Waals surface area contributed by atoms with Crippen molar-refractivity contribution >= 4 is 23.1 Å². The summed E-state index contributed by atoms with van der Waals surface area (Å²) in [6.45, 7) is 0. The number of hydrogen-bond acceptors (Lipinski definition) is 4. The van der Waals surface area contributed by atoms with Crippen LogP contribution in [0.4, 0.5) is 0 Å².